The van der Waals surface area contributed by atoms with Gasteiger partial charge in [-0.1, -0.05) is 6.07 Å². The summed E-state index contributed by atoms with van der Waals surface area (Å²) in [7, 11) is 0. The lowest BCUT2D eigenvalue weighted by molar-refractivity contribution is 1.05. The van der Waals surface area contributed by atoms with Gasteiger partial charge < -0.3 is 5.32 Å². The van der Waals surface area contributed by atoms with Gasteiger partial charge in [-0.25, -0.2) is 0 Å². The maximum absolute atomic E-state index is 4.34. The highest BCUT2D eigenvalue weighted by Crippen LogP contribution is 2.26. The van der Waals surface area contributed by atoms with Gasteiger partial charge >= 0.3 is 0 Å². The summed E-state index contributed by atoms with van der Waals surface area (Å²) in [6, 6.07) is 10.0. The summed E-state index contributed by atoms with van der Waals surface area (Å²) >= 11 is 0. The van der Waals surface area contributed by atoms with Gasteiger partial charge in [0.2, 0.25) is 0 Å². The quantitative estimate of drug-likeness (QED) is 0.720. The van der Waals surface area contributed by atoms with E-state index in [0.29, 0.717) is 0 Å². The van der Waals surface area contributed by atoms with Crippen LogP contribution < -0.4 is 5.32 Å². The molecule has 4 heteroatoms. The van der Waals surface area contributed by atoms with Gasteiger partial charge in [0.15, 0.2) is 5.82 Å². The van der Waals surface area contributed by atoms with Crippen LogP contribution in [0.2, 0.25) is 0 Å². The zero-order chi connectivity index (χ0) is 12.5. The molecular formula is C14H14N4. The van der Waals surface area contributed by atoms with Gasteiger partial charge in [-0.05, 0) is 38.1 Å². The molecule has 0 spiro atoms. The largest absolute Gasteiger partial charge is 0.338 e. The molecule has 0 saturated carbocycles. The van der Waals surface area contributed by atoms with Crippen LogP contribution in [0.5, 0.6) is 0 Å². The van der Waals surface area contributed by atoms with E-state index in [1.807, 2.05) is 38.1 Å². The molecule has 0 bridgehead atoms. The maximum Gasteiger partial charge on any atom is 0.155 e. The fourth-order valence-corrected chi connectivity index (χ4v) is 1.95. The molecule has 0 saturated heterocycles. The fourth-order valence-electron chi connectivity index (χ4n) is 1.95. The van der Waals surface area contributed by atoms with Crippen molar-refractivity contribution in [2.75, 3.05) is 5.32 Å². The molecular weight excluding hydrogens is 224 g/mol. The Morgan fingerprint density at radius 3 is 2.78 bits per heavy atom. The molecule has 0 aliphatic carbocycles. The first-order valence-electron chi connectivity index (χ1n) is 5.88. The topological polar surface area (TPSA) is 53.6 Å². The minimum Gasteiger partial charge on any atom is -0.338 e. The third-order valence-corrected chi connectivity index (χ3v) is 3.15. The third-order valence-electron chi connectivity index (χ3n) is 3.15. The molecule has 0 unspecified atom stereocenters. The number of benzene rings is 1. The van der Waals surface area contributed by atoms with Crippen LogP contribution in [-0.4, -0.2) is 15.2 Å². The van der Waals surface area contributed by atoms with Gasteiger partial charge in [0.1, 0.15) is 0 Å². The summed E-state index contributed by atoms with van der Waals surface area (Å²) in [6.07, 6.45) is 1.80. The van der Waals surface area contributed by atoms with E-state index < -0.39 is 0 Å². The Labute approximate surface area is 105 Å². The Morgan fingerprint density at radius 2 is 2.00 bits per heavy atom. The maximum atomic E-state index is 4.34. The van der Waals surface area contributed by atoms with Crippen LogP contribution in [-0.2, 0) is 0 Å². The highest BCUT2D eigenvalue weighted by Gasteiger charge is 2.07. The van der Waals surface area contributed by atoms with Gasteiger partial charge in [0.05, 0.1) is 5.52 Å². The zero-order valence-electron chi connectivity index (χ0n) is 10.4. The Morgan fingerprint density at radius 1 is 1.11 bits per heavy atom. The van der Waals surface area contributed by atoms with Crippen molar-refractivity contribution in [3.63, 3.8) is 0 Å². The summed E-state index contributed by atoms with van der Waals surface area (Å²) in [5.41, 5.74) is 4.22. The average Bonchev–Trinajstić information content (AvgIpc) is 2.71. The van der Waals surface area contributed by atoms with Crippen LogP contribution in [0.25, 0.3) is 10.9 Å². The molecule has 2 aromatic heterocycles. The van der Waals surface area contributed by atoms with Crippen LogP contribution in [0.1, 0.15) is 11.3 Å². The molecule has 3 rings (SSSR count). The van der Waals surface area contributed by atoms with E-state index >= 15 is 0 Å². The number of nitrogens with one attached hydrogen (secondary N) is 2. The average molecular weight is 238 g/mol. The Balaban J connectivity index is 2.08. The van der Waals surface area contributed by atoms with Crippen molar-refractivity contribution in [3.05, 3.63) is 47.8 Å². The molecule has 0 fully saturated rings. The molecule has 2 N–H and O–H groups in total. The van der Waals surface area contributed by atoms with Gasteiger partial charge in [-0.2, -0.15) is 5.10 Å². The number of aromatic amines is 1. The summed E-state index contributed by atoms with van der Waals surface area (Å²) in [4.78, 5) is 4.34. The summed E-state index contributed by atoms with van der Waals surface area (Å²) in [6.45, 7) is 4.06. The molecule has 0 atom stereocenters. The van der Waals surface area contributed by atoms with E-state index in [4.69, 9.17) is 0 Å². The normalized spacial score (nSPS) is 10.8. The van der Waals surface area contributed by atoms with Gasteiger partial charge in [0, 0.05) is 28.5 Å². The van der Waals surface area contributed by atoms with E-state index in [0.717, 1.165) is 33.7 Å². The smallest absolute Gasteiger partial charge is 0.155 e. The Hall–Kier alpha value is -2.36. The van der Waals surface area contributed by atoms with E-state index in [-0.39, 0.29) is 0 Å². The van der Waals surface area contributed by atoms with E-state index in [1.54, 1.807) is 6.20 Å². The van der Waals surface area contributed by atoms with Crippen molar-refractivity contribution < 1.29 is 0 Å². The van der Waals surface area contributed by atoms with E-state index in [1.165, 1.54) is 0 Å². The molecule has 2 heterocycles. The van der Waals surface area contributed by atoms with Crippen molar-refractivity contribution in [2.45, 2.75) is 13.8 Å². The molecule has 0 aliphatic heterocycles. The monoisotopic (exact) mass is 238 g/mol. The summed E-state index contributed by atoms with van der Waals surface area (Å²) in [5.74, 6) is 0.865. The third kappa shape index (κ3) is 1.72. The molecule has 0 radical (unpaired) electrons. The number of anilines is 2. The highest BCUT2D eigenvalue weighted by molar-refractivity contribution is 5.92. The summed E-state index contributed by atoms with van der Waals surface area (Å²) in [5, 5.41) is 11.7. The Bertz CT molecular complexity index is 695. The van der Waals surface area contributed by atoms with Crippen molar-refractivity contribution in [3.8, 4) is 0 Å². The lowest BCUT2D eigenvalue weighted by Crippen LogP contribution is -1.94. The first-order valence-corrected chi connectivity index (χ1v) is 5.88. The van der Waals surface area contributed by atoms with Gasteiger partial charge in [0.25, 0.3) is 0 Å². The zero-order valence-corrected chi connectivity index (χ0v) is 10.4. The SMILES string of the molecule is Cc1[nH]nc(Nc2cccc3ncccc23)c1C. The number of rotatable bonds is 2. The predicted molar refractivity (Wildman–Crippen MR) is 73.1 cm³/mol. The van der Waals surface area contributed by atoms with E-state index in [2.05, 4.69) is 26.6 Å². The van der Waals surface area contributed by atoms with Crippen LogP contribution in [0, 0.1) is 13.8 Å². The van der Waals surface area contributed by atoms with Crippen molar-refractivity contribution in [1.29, 1.82) is 0 Å². The minimum absolute atomic E-state index is 0.865. The number of pyridine rings is 1. The molecule has 0 aliphatic rings. The lowest BCUT2D eigenvalue weighted by atomic mass is 10.1. The van der Waals surface area contributed by atoms with Gasteiger partial charge in [-0.15, -0.1) is 0 Å². The van der Waals surface area contributed by atoms with Gasteiger partial charge in [-0.3, -0.25) is 10.1 Å². The number of nitrogens with zero attached hydrogens (tertiary/aromatic N) is 2. The first kappa shape index (κ1) is 10.8. The second-order valence-electron chi connectivity index (χ2n) is 4.32. The molecule has 4 nitrogen and oxygen atoms in total. The van der Waals surface area contributed by atoms with Crippen LogP contribution >= 0.6 is 0 Å². The van der Waals surface area contributed by atoms with Crippen LogP contribution in [0.4, 0.5) is 11.5 Å². The first-order chi connectivity index (χ1) is 8.75. The van der Waals surface area contributed by atoms with Crippen molar-refractivity contribution in [1.82, 2.24) is 15.2 Å². The number of hydrogen-bond donors (Lipinski definition) is 2. The number of aryl methyl sites for hydroxylation is 1. The van der Waals surface area contributed by atoms with Crippen LogP contribution in [0.15, 0.2) is 36.5 Å². The standard InChI is InChI=1S/C14H14N4/c1-9-10(2)17-18-14(9)16-13-7-3-6-12-11(13)5-4-8-15-12/h3-8H,1-2H3,(H2,16,17,18). The molecule has 3 aromatic rings. The number of aromatic nitrogens is 3. The highest BCUT2D eigenvalue weighted by atomic mass is 15.2. The second kappa shape index (κ2) is 4.14. The molecule has 1 aromatic carbocycles. The minimum atomic E-state index is 0.865. The molecule has 0 amide bonds. The van der Waals surface area contributed by atoms with Crippen molar-refractivity contribution >= 4 is 22.4 Å². The summed E-state index contributed by atoms with van der Waals surface area (Å²) < 4.78 is 0. The Kier molecular flexibility index (Phi) is 2.48. The predicted octanol–water partition coefficient (Wildman–Crippen LogP) is 3.32. The molecule has 90 valence electrons. The molecule has 18 heavy (non-hydrogen) atoms. The van der Waals surface area contributed by atoms with Crippen LogP contribution in [0.3, 0.4) is 0 Å². The fraction of sp³-hybridized carbons (Fsp3) is 0.143. The second-order valence-corrected chi connectivity index (χ2v) is 4.32. The number of H-pyrrole nitrogens is 1. The van der Waals surface area contributed by atoms with Crippen molar-refractivity contribution in [2.24, 2.45) is 0 Å². The van der Waals surface area contributed by atoms with E-state index in [9.17, 15) is 0 Å². The lowest BCUT2D eigenvalue weighted by Gasteiger charge is -2.07. The number of hydrogen-bond acceptors (Lipinski definition) is 3. The number of fused-ring (bicyclic) bond motifs is 1.